The Kier molecular flexibility index (Phi) is 3.60. The van der Waals surface area contributed by atoms with Crippen molar-refractivity contribution < 1.29 is 0 Å². The molecule has 0 saturated carbocycles. The van der Waals surface area contributed by atoms with E-state index in [1.165, 1.54) is 0 Å². The summed E-state index contributed by atoms with van der Waals surface area (Å²) in [4.78, 5) is 8.71. The first-order valence-corrected chi connectivity index (χ1v) is 6.52. The van der Waals surface area contributed by atoms with Crippen molar-refractivity contribution >= 4 is 28.4 Å². The number of aromatic nitrogens is 4. The number of aryl methyl sites for hydroxylation is 2. The van der Waals surface area contributed by atoms with Crippen LogP contribution in [0.4, 0.5) is 5.82 Å². The van der Waals surface area contributed by atoms with Gasteiger partial charge in [0.1, 0.15) is 5.82 Å². The van der Waals surface area contributed by atoms with Gasteiger partial charge in [0.2, 0.25) is 0 Å². The molecule has 2 heterocycles. The molecule has 0 aliphatic carbocycles. The second kappa shape index (κ2) is 4.99. The van der Waals surface area contributed by atoms with Crippen LogP contribution in [0.15, 0.2) is 12.4 Å². The molecule has 0 aromatic carbocycles. The molecule has 2 aromatic heterocycles. The second-order valence-electron chi connectivity index (χ2n) is 3.82. The van der Waals surface area contributed by atoms with Gasteiger partial charge in [0.25, 0.3) is 0 Å². The van der Waals surface area contributed by atoms with E-state index >= 15 is 0 Å². The fourth-order valence-electron chi connectivity index (χ4n) is 1.54. The number of anilines is 1. The maximum absolute atomic E-state index is 5.84. The van der Waals surface area contributed by atoms with E-state index in [2.05, 4.69) is 44.6 Å². The standard InChI is InChI=1S/C11H14IN5/c1-3-4-17-6-8(5-14-17)11-15-7(2)9(12)10(13)16-11/h5-6H,3-4H2,1-2H3,(H2,13,15,16). The predicted molar refractivity (Wildman–Crippen MR) is 75.4 cm³/mol. The van der Waals surface area contributed by atoms with Gasteiger partial charge in [0, 0.05) is 12.7 Å². The topological polar surface area (TPSA) is 69.6 Å². The van der Waals surface area contributed by atoms with Gasteiger partial charge in [-0.15, -0.1) is 0 Å². The Labute approximate surface area is 114 Å². The largest absolute Gasteiger partial charge is 0.383 e. The SMILES string of the molecule is CCCn1cc(-c2nc(C)c(I)c(N)n2)cn1. The van der Waals surface area contributed by atoms with Crippen LogP contribution in [0.1, 0.15) is 19.0 Å². The molecule has 6 heteroatoms. The zero-order valence-corrected chi connectivity index (χ0v) is 12.0. The van der Waals surface area contributed by atoms with Crippen molar-refractivity contribution in [1.82, 2.24) is 19.7 Å². The van der Waals surface area contributed by atoms with Crippen LogP contribution in [0, 0.1) is 10.5 Å². The van der Waals surface area contributed by atoms with Gasteiger partial charge in [-0.3, -0.25) is 4.68 Å². The average Bonchev–Trinajstić information content (AvgIpc) is 2.74. The van der Waals surface area contributed by atoms with Crippen LogP contribution in [0.5, 0.6) is 0 Å². The van der Waals surface area contributed by atoms with E-state index in [0.29, 0.717) is 11.6 Å². The van der Waals surface area contributed by atoms with Gasteiger partial charge in [0.15, 0.2) is 5.82 Å². The zero-order valence-electron chi connectivity index (χ0n) is 9.81. The van der Waals surface area contributed by atoms with E-state index in [9.17, 15) is 0 Å². The van der Waals surface area contributed by atoms with Gasteiger partial charge < -0.3 is 5.73 Å². The maximum Gasteiger partial charge on any atom is 0.164 e. The lowest BCUT2D eigenvalue weighted by Crippen LogP contribution is -2.01. The predicted octanol–water partition coefficient (Wildman–Crippen LogP) is 2.25. The minimum absolute atomic E-state index is 0.524. The number of nitrogens with zero attached hydrogens (tertiary/aromatic N) is 4. The van der Waals surface area contributed by atoms with E-state index in [1.807, 2.05) is 17.8 Å². The van der Waals surface area contributed by atoms with E-state index in [0.717, 1.165) is 27.8 Å². The molecule has 0 saturated heterocycles. The Bertz CT molecular complexity index is 511. The summed E-state index contributed by atoms with van der Waals surface area (Å²) in [7, 11) is 0. The normalized spacial score (nSPS) is 10.8. The highest BCUT2D eigenvalue weighted by Crippen LogP contribution is 2.21. The summed E-state index contributed by atoms with van der Waals surface area (Å²) in [5, 5.41) is 4.26. The van der Waals surface area contributed by atoms with Crippen molar-refractivity contribution in [2.75, 3.05) is 5.73 Å². The molecule has 2 aromatic rings. The molecule has 0 amide bonds. The van der Waals surface area contributed by atoms with E-state index < -0.39 is 0 Å². The highest BCUT2D eigenvalue weighted by Gasteiger charge is 2.09. The highest BCUT2D eigenvalue weighted by molar-refractivity contribution is 14.1. The lowest BCUT2D eigenvalue weighted by Gasteiger charge is -2.03. The minimum Gasteiger partial charge on any atom is -0.383 e. The van der Waals surface area contributed by atoms with E-state index in [4.69, 9.17) is 5.73 Å². The molecule has 0 fully saturated rings. The number of rotatable bonds is 3. The molecule has 2 N–H and O–H groups in total. The van der Waals surface area contributed by atoms with Gasteiger partial charge in [0.05, 0.1) is 21.0 Å². The lowest BCUT2D eigenvalue weighted by atomic mass is 10.3. The second-order valence-corrected chi connectivity index (χ2v) is 4.90. The molecular weight excluding hydrogens is 329 g/mol. The summed E-state index contributed by atoms with van der Waals surface area (Å²) in [5.74, 6) is 1.17. The number of nitrogen functional groups attached to an aromatic ring is 1. The number of halogens is 1. The van der Waals surface area contributed by atoms with E-state index in [1.54, 1.807) is 6.20 Å². The van der Waals surface area contributed by atoms with Crippen LogP contribution in [0.25, 0.3) is 11.4 Å². The van der Waals surface area contributed by atoms with Gasteiger partial charge >= 0.3 is 0 Å². The van der Waals surface area contributed by atoms with Crippen molar-refractivity contribution in [3.8, 4) is 11.4 Å². The molecular formula is C11H14IN5. The average molecular weight is 343 g/mol. The summed E-state index contributed by atoms with van der Waals surface area (Å²) >= 11 is 2.15. The fourth-order valence-corrected chi connectivity index (χ4v) is 1.78. The van der Waals surface area contributed by atoms with Crippen LogP contribution >= 0.6 is 22.6 Å². The van der Waals surface area contributed by atoms with Crippen LogP contribution in [-0.4, -0.2) is 19.7 Å². The molecule has 5 nitrogen and oxygen atoms in total. The first-order valence-electron chi connectivity index (χ1n) is 5.44. The molecule has 2 rings (SSSR count). The van der Waals surface area contributed by atoms with Crippen LogP contribution in [0.3, 0.4) is 0 Å². The van der Waals surface area contributed by atoms with Gasteiger partial charge in [-0.2, -0.15) is 5.10 Å². The molecule has 0 aliphatic heterocycles. The minimum atomic E-state index is 0.524. The Balaban J connectivity index is 2.39. The Hall–Kier alpha value is -1.18. The Morgan fingerprint density at radius 3 is 2.82 bits per heavy atom. The van der Waals surface area contributed by atoms with Crippen molar-refractivity contribution in [3.63, 3.8) is 0 Å². The zero-order chi connectivity index (χ0) is 12.4. The lowest BCUT2D eigenvalue weighted by molar-refractivity contribution is 0.603. The summed E-state index contributed by atoms with van der Waals surface area (Å²) in [6, 6.07) is 0. The van der Waals surface area contributed by atoms with Crippen LogP contribution < -0.4 is 5.73 Å². The quantitative estimate of drug-likeness (QED) is 0.868. The van der Waals surface area contributed by atoms with Gasteiger partial charge in [-0.25, -0.2) is 9.97 Å². The summed E-state index contributed by atoms with van der Waals surface area (Å²) in [6.45, 7) is 4.95. The molecule has 17 heavy (non-hydrogen) atoms. The Morgan fingerprint density at radius 1 is 1.41 bits per heavy atom. The van der Waals surface area contributed by atoms with Crippen LogP contribution in [-0.2, 0) is 6.54 Å². The number of nitrogens with two attached hydrogens (primary N) is 1. The van der Waals surface area contributed by atoms with Crippen molar-refractivity contribution in [2.24, 2.45) is 0 Å². The molecule has 0 bridgehead atoms. The van der Waals surface area contributed by atoms with Crippen molar-refractivity contribution in [1.29, 1.82) is 0 Å². The van der Waals surface area contributed by atoms with E-state index in [-0.39, 0.29) is 0 Å². The fraction of sp³-hybridized carbons (Fsp3) is 0.364. The monoisotopic (exact) mass is 343 g/mol. The van der Waals surface area contributed by atoms with Gasteiger partial charge in [-0.05, 0) is 35.9 Å². The molecule has 90 valence electrons. The number of hydrogen-bond donors (Lipinski definition) is 1. The Morgan fingerprint density at radius 2 is 2.18 bits per heavy atom. The first kappa shape index (κ1) is 12.3. The number of hydrogen-bond acceptors (Lipinski definition) is 4. The molecule has 0 aliphatic rings. The molecule has 0 spiro atoms. The van der Waals surface area contributed by atoms with Crippen molar-refractivity contribution in [2.45, 2.75) is 26.8 Å². The summed E-state index contributed by atoms with van der Waals surface area (Å²) in [6.07, 6.45) is 4.77. The third-order valence-corrected chi connectivity index (χ3v) is 3.72. The highest BCUT2D eigenvalue weighted by atomic mass is 127. The summed E-state index contributed by atoms with van der Waals surface area (Å²) < 4.78 is 2.80. The molecule has 0 unspecified atom stereocenters. The first-order chi connectivity index (χ1) is 8.11. The molecule has 0 atom stereocenters. The summed E-state index contributed by atoms with van der Waals surface area (Å²) in [5.41, 5.74) is 7.64. The van der Waals surface area contributed by atoms with Crippen LogP contribution in [0.2, 0.25) is 0 Å². The molecule has 0 radical (unpaired) electrons. The third kappa shape index (κ3) is 2.56. The third-order valence-electron chi connectivity index (χ3n) is 2.39. The maximum atomic E-state index is 5.84. The van der Waals surface area contributed by atoms with Crippen molar-refractivity contribution in [3.05, 3.63) is 21.7 Å². The van der Waals surface area contributed by atoms with Gasteiger partial charge in [-0.1, -0.05) is 6.92 Å². The smallest absolute Gasteiger partial charge is 0.164 e.